The van der Waals surface area contributed by atoms with Gasteiger partial charge in [-0.2, -0.15) is 5.10 Å². The summed E-state index contributed by atoms with van der Waals surface area (Å²) < 4.78 is 7.28. The van der Waals surface area contributed by atoms with Crippen LogP contribution in [0.25, 0.3) is 4.96 Å². The van der Waals surface area contributed by atoms with Crippen LogP contribution in [-0.2, 0) is 12.8 Å². The Bertz CT molecular complexity index is 746. The van der Waals surface area contributed by atoms with Crippen molar-refractivity contribution in [1.29, 1.82) is 0 Å². The van der Waals surface area contributed by atoms with E-state index < -0.39 is 0 Å². The van der Waals surface area contributed by atoms with Crippen molar-refractivity contribution >= 4 is 22.6 Å². The fraction of sp³-hybridized carbons (Fsp3) is 0.267. The molecule has 0 aliphatic heterocycles. The normalized spacial score (nSPS) is 10.9. The summed E-state index contributed by atoms with van der Waals surface area (Å²) in [5.41, 5.74) is 1.77. The summed E-state index contributed by atoms with van der Waals surface area (Å²) in [4.78, 5) is 15.7. The van der Waals surface area contributed by atoms with Gasteiger partial charge in [0.05, 0.1) is 12.8 Å². The number of benzene rings is 1. The Labute approximate surface area is 126 Å². The second-order valence-corrected chi connectivity index (χ2v) is 5.63. The Balaban J connectivity index is 1.60. The lowest BCUT2D eigenvalue weighted by Crippen LogP contribution is -2.02. The van der Waals surface area contributed by atoms with Gasteiger partial charge in [0.2, 0.25) is 4.96 Å². The molecule has 0 unspecified atom stereocenters. The summed E-state index contributed by atoms with van der Waals surface area (Å²) in [5.74, 6) is 0.863. The number of carbonyl (C=O) groups excluding carboxylic acids is 1. The standard InChI is InChI=1S/C15H15N3O2S/c1-2-11-3-5-13(6-4-11)20-8-7-14-17-18-12(10-19)9-16-15(18)21-14/h3-6,9-10H,2,7-8H2,1H3. The number of fused-ring (bicyclic) bond motifs is 1. The average molecular weight is 301 g/mol. The van der Waals surface area contributed by atoms with E-state index in [9.17, 15) is 4.79 Å². The number of aldehydes is 1. The molecule has 0 atom stereocenters. The van der Waals surface area contributed by atoms with Crippen LogP contribution in [0.15, 0.2) is 30.5 Å². The van der Waals surface area contributed by atoms with Gasteiger partial charge in [0, 0.05) is 6.42 Å². The van der Waals surface area contributed by atoms with Gasteiger partial charge in [0.25, 0.3) is 0 Å². The van der Waals surface area contributed by atoms with Gasteiger partial charge in [-0.15, -0.1) is 0 Å². The maximum Gasteiger partial charge on any atom is 0.212 e. The van der Waals surface area contributed by atoms with Gasteiger partial charge in [0.1, 0.15) is 16.5 Å². The molecule has 6 heteroatoms. The molecule has 108 valence electrons. The molecule has 0 aliphatic rings. The van der Waals surface area contributed by atoms with Crippen molar-refractivity contribution < 1.29 is 9.53 Å². The highest BCUT2D eigenvalue weighted by Gasteiger charge is 2.09. The summed E-state index contributed by atoms with van der Waals surface area (Å²) in [7, 11) is 0. The first-order valence-electron chi connectivity index (χ1n) is 6.80. The quantitative estimate of drug-likeness (QED) is 0.657. The Hall–Kier alpha value is -2.21. The van der Waals surface area contributed by atoms with Crippen LogP contribution in [0, 0.1) is 0 Å². The summed E-state index contributed by atoms with van der Waals surface area (Å²) in [6.45, 7) is 2.68. The molecule has 21 heavy (non-hydrogen) atoms. The van der Waals surface area contributed by atoms with E-state index in [-0.39, 0.29) is 0 Å². The zero-order valence-corrected chi connectivity index (χ0v) is 12.5. The van der Waals surface area contributed by atoms with E-state index >= 15 is 0 Å². The van der Waals surface area contributed by atoms with E-state index in [0.29, 0.717) is 18.7 Å². The monoisotopic (exact) mass is 301 g/mol. The van der Waals surface area contributed by atoms with Crippen LogP contribution < -0.4 is 4.74 Å². The second-order valence-electron chi connectivity index (χ2n) is 4.59. The number of ether oxygens (including phenoxy) is 1. The highest BCUT2D eigenvalue weighted by Crippen LogP contribution is 2.17. The molecule has 0 fully saturated rings. The molecule has 2 aromatic heterocycles. The molecular weight excluding hydrogens is 286 g/mol. The molecule has 0 radical (unpaired) electrons. The van der Waals surface area contributed by atoms with Crippen molar-refractivity contribution in [3.63, 3.8) is 0 Å². The first-order chi connectivity index (χ1) is 10.3. The van der Waals surface area contributed by atoms with Gasteiger partial charge >= 0.3 is 0 Å². The van der Waals surface area contributed by atoms with Gasteiger partial charge in [-0.25, -0.2) is 9.50 Å². The Morgan fingerprint density at radius 1 is 1.33 bits per heavy atom. The van der Waals surface area contributed by atoms with Crippen molar-refractivity contribution in [2.75, 3.05) is 6.61 Å². The Kier molecular flexibility index (Phi) is 3.96. The summed E-state index contributed by atoms with van der Waals surface area (Å²) >= 11 is 1.48. The lowest BCUT2D eigenvalue weighted by molar-refractivity contribution is 0.111. The topological polar surface area (TPSA) is 56.5 Å². The van der Waals surface area contributed by atoms with Crippen molar-refractivity contribution in [2.24, 2.45) is 0 Å². The van der Waals surface area contributed by atoms with Crippen LogP contribution in [0.1, 0.15) is 28.0 Å². The van der Waals surface area contributed by atoms with Gasteiger partial charge in [-0.05, 0) is 24.1 Å². The number of aromatic nitrogens is 3. The maximum absolute atomic E-state index is 10.8. The van der Waals surface area contributed by atoms with Crippen LogP contribution in [0.5, 0.6) is 5.75 Å². The number of hydrogen-bond donors (Lipinski definition) is 0. The van der Waals surface area contributed by atoms with Gasteiger partial charge in [-0.3, -0.25) is 4.79 Å². The van der Waals surface area contributed by atoms with E-state index in [4.69, 9.17) is 4.74 Å². The van der Waals surface area contributed by atoms with E-state index in [1.54, 1.807) is 4.52 Å². The van der Waals surface area contributed by atoms with Crippen molar-refractivity contribution in [3.8, 4) is 5.75 Å². The van der Waals surface area contributed by atoms with Gasteiger partial charge in [-0.1, -0.05) is 30.4 Å². The van der Waals surface area contributed by atoms with Crippen LogP contribution in [0.2, 0.25) is 0 Å². The molecule has 0 N–H and O–H groups in total. The van der Waals surface area contributed by atoms with Crippen molar-refractivity contribution in [1.82, 2.24) is 14.6 Å². The zero-order valence-electron chi connectivity index (χ0n) is 11.7. The van der Waals surface area contributed by atoms with Crippen molar-refractivity contribution in [3.05, 3.63) is 46.7 Å². The predicted octanol–water partition coefficient (Wildman–Crippen LogP) is 2.79. The molecule has 2 heterocycles. The fourth-order valence-corrected chi connectivity index (χ4v) is 2.86. The van der Waals surface area contributed by atoms with E-state index in [1.165, 1.54) is 23.1 Å². The number of rotatable bonds is 6. The maximum atomic E-state index is 10.8. The molecule has 0 bridgehead atoms. The zero-order chi connectivity index (χ0) is 14.7. The number of hydrogen-bond acceptors (Lipinski definition) is 5. The molecule has 1 aromatic carbocycles. The van der Waals surface area contributed by atoms with Crippen LogP contribution >= 0.6 is 11.3 Å². The second kappa shape index (κ2) is 6.05. The Morgan fingerprint density at radius 2 is 2.14 bits per heavy atom. The molecule has 0 aliphatic carbocycles. The van der Waals surface area contributed by atoms with Crippen LogP contribution in [0.4, 0.5) is 0 Å². The third kappa shape index (κ3) is 2.95. The molecule has 3 rings (SSSR count). The van der Waals surface area contributed by atoms with Gasteiger partial charge in [0.15, 0.2) is 6.29 Å². The largest absolute Gasteiger partial charge is 0.493 e. The van der Waals surface area contributed by atoms with Gasteiger partial charge < -0.3 is 4.74 Å². The lowest BCUT2D eigenvalue weighted by atomic mass is 10.2. The highest BCUT2D eigenvalue weighted by atomic mass is 32.1. The summed E-state index contributed by atoms with van der Waals surface area (Å²) in [5, 5.41) is 5.27. The smallest absolute Gasteiger partial charge is 0.212 e. The third-order valence-corrected chi connectivity index (χ3v) is 4.17. The molecule has 0 saturated carbocycles. The number of aryl methyl sites for hydroxylation is 1. The summed E-state index contributed by atoms with van der Waals surface area (Å²) in [6, 6.07) is 8.11. The highest BCUT2D eigenvalue weighted by molar-refractivity contribution is 7.16. The van der Waals surface area contributed by atoms with Crippen molar-refractivity contribution in [2.45, 2.75) is 19.8 Å². The molecule has 0 saturated heterocycles. The summed E-state index contributed by atoms with van der Waals surface area (Å²) in [6.07, 6.45) is 4.01. The third-order valence-electron chi connectivity index (χ3n) is 3.19. The minimum Gasteiger partial charge on any atom is -0.493 e. The Morgan fingerprint density at radius 3 is 2.86 bits per heavy atom. The number of imidazole rings is 1. The fourth-order valence-electron chi connectivity index (χ4n) is 2.01. The van der Waals surface area contributed by atoms with E-state index in [1.807, 2.05) is 12.1 Å². The van der Waals surface area contributed by atoms with Crippen LogP contribution in [-0.4, -0.2) is 27.5 Å². The minimum atomic E-state index is 0.476. The molecular formula is C15H15N3O2S. The molecule has 5 nitrogen and oxygen atoms in total. The number of carbonyl (C=O) groups is 1. The van der Waals surface area contributed by atoms with E-state index in [2.05, 4.69) is 29.1 Å². The predicted molar refractivity (Wildman–Crippen MR) is 81.3 cm³/mol. The van der Waals surface area contributed by atoms with E-state index in [0.717, 1.165) is 28.4 Å². The molecule has 0 spiro atoms. The molecule has 3 aromatic rings. The lowest BCUT2D eigenvalue weighted by Gasteiger charge is -2.05. The van der Waals surface area contributed by atoms with Crippen LogP contribution in [0.3, 0.4) is 0 Å². The SMILES string of the molecule is CCc1ccc(OCCc2nn3c(C=O)cnc3s2)cc1. The average Bonchev–Trinajstić information content (AvgIpc) is 3.07. The number of nitrogens with zero attached hydrogens (tertiary/aromatic N) is 3. The minimum absolute atomic E-state index is 0.476. The first kappa shape index (κ1) is 13.8. The first-order valence-corrected chi connectivity index (χ1v) is 7.62. The molecule has 0 amide bonds.